The van der Waals surface area contributed by atoms with Crippen LogP contribution in [0.25, 0.3) is 0 Å². The normalized spacial score (nSPS) is 10.6. The van der Waals surface area contributed by atoms with Crippen LogP contribution in [0.3, 0.4) is 0 Å². The number of aryl methyl sites for hydroxylation is 2. The number of thiazole rings is 1. The van der Waals surface area contributed by atoms with E-state index in [1.807, 2.05) is 6.92 Å². The first-order valence-electron chi connectivity index (χ1n) is 5.21. The Morgan fingerprint density at radius 2 is 2.38 bits per heavy atom. The van der Waals surface area contributed by atoms with Crippen LogP contribution >= 0.6 is 11.3 Å². The maximum atomic E-state index is 12.1. The molecule has 0 aliphatic rings. The quantitative estimate of drug-likeness (QED) is 0.764. The summed E-state index contributed by atoms with van der Waals surface area (Å²) in [6.45, 7) is 4.71. The van der Waals surface area contributed by atoms with Gasteiger partial charge in [0.1, 0.15) is 11.4 Å². The van der Waals surface area contributed by atoms with Crippen molar-refractivity contribution in [3.05, 3.63) is 34.0 Å². The van der Waals surface area contributed by atoms with Crippen LogP contribution in [0.2, 0.25) is 0 Å². The lowest BCUT2D eigenvalue weighted by Crippen LogP contribution is -2.11. The molecule has 0 saturated heterocycles. The van der Waals surface area contributed by atoms with Gasteiger partial charge >= 0.3 is 0 Å². The zero-order valence-corrected chi connectivity index (χ0v) is 10.1. The Morgan fingerprint density at radius 1 is 1.56 bits per heavy atom. The Bertz CT molecular complexity index is 501. The molecule has 0 amide bonds. The molecule has 2 aromatic rings. The van der Waals surface area contributed by atoms with Crippen LogP contribution in [-0.4, -0.2) is 20.5 Å². The van der Waals surface area contributed by atoms with Crippen molar-refractivity contribution in [1.82, 2.24) is 14.8 Å². The Balaban J connectivity index is 2.30. The molecule has 16 heavy (non-hydrogen) atoms. The minimum Gasteiger partial charge on any atom is -0.285 e. The molecule has 0 aromatic carbocycles. The lowest BCUT2D eigenvalue weighted by molar-refractivity contribution is 0.102. The van der Waals surface area contributed by atoms with Gasteiger partial charge in [-0.2, -0.15) is 5.10 Å². The second kappa shape index (κ2) is 4.57. The second-order valence-corrected chi connectivity index (χ2v) is 4.58. The largest absolute Gasteiger partial charge is 0.285 e. The molecule has 2 aromatic heterocycles. The Labute approximate surface area is 97.9 Å². The summed E-state index contributed by atoms with van der Waals surface area (Å²) in [5.41, 5.74) is 1.13. The molecule has 0 atom stereocenters. The summed E-state index contributed by atoms with van der Waals surface area (Å²) >= 11 is 1.49. The fourth-order valence-electron chi connectivity index (χ4n) is 1.51. The van der Waals surface area contributed by atoms with E-state index in [4.69, 9.17) is 0 Å². The van der Waals surface area contributed by atoms with Gasteiger partial charge in [-0.15, -0.1) is 11.3 Å². The molecule has 5 heteroatoms. The maximum Gasteiger partial charge on any atom is 0.230 e. The van der Waals surface area contributed by atoms with E-state index in [1.54, 1.807) is 22.3 Å². The molecule has 4 nitrogen and oxygen atoms in total. The fraction of sp³-hybridized carbons (Fsp3) is 0.364. The molecule has 0 radical (unpaired) electrons. The molecule has 0 fully saturated rings. The molecule has 84 valence electrons. The second-order valence-electron chi connectivity index (χ2n) is 3.52. The third kappa shape index (κ3) is 2.04. The van der Waals surface area contributed by atoms with Crippen molar-refractivity contribution in [3.63, 3.8) is 0 Å². The number of ketones is 1. The number of hydrogen-bond acceptors (Lipinski definition) is 4. The number of carbonyl (C=O) groups excluding carboxylic acids is 1. The summed E-state index contributed by atoms with van der Waals surface area (Å²) in [5.74, 6) is -0.0460. The SMILES string of the molecule is CCCn1nccc1C(=O)c1csc(C)n1. The van der Waals surface area contributed by atoms with Gasteiger partial charge < -0.3 is 0 Å². The number of hydrogen-bond donors (Lipinski definition) is 0. The van der Waals surface area contributed by atoms with Crippen LogP contribution in [0.4, 0.5) is 0 Å². The molecule has 0 bridgehead atoms. The van der Waals surface area contributed by atoms with E-state index < -0.39 is 0 Å². The number of rotatable bonds is 4. The van der Waals surface area contributed by atoms with Crippen LogP contribution in [0.5, 0.6) is 0 Å². The van der Waals surface area contributed by atoms with Gasteiger partial charge in [0.15, 0.2) is 0 Å². The van der Waals surface area contributed by atoms with E-state index in [0.29, 0.717) is 11.4 Å². The lowest BCUT2D eigenvalue weighted by atomic mass is 10.2. The minimum atomic E-state index is -0.0460. The van der Waals surface area contributed by atoms with Gasteiger partial charge in [-0.1, -0.05) is 6.92 Å². The molecule has 0 N–H and O–H groups in total. The lowest BCUT2D eigenvalue weighted by Gasteiger charge is -2.02. The van der Waals surface area contributed by atoms with E-state index in [2.05, 4.69) is 17.0 Å². The van der Waals surface area contributed by atoms with Gasteiger partial charge in [-0.3, -0.25) is 9.48 Å². The molecule has 2 heterocycles. The number of nitrogens with zero attached hydrogens (tertiary/aromatic N) is 3. The molecule has 0 spiro atoms. The molecule has 0 aliphatic heterocycles. The van der Waals surface area contributed by atoms with E-state index in [1.165, 1.54) is 11.3 Å². The van der Waals surface area contributed by atoms with E-state index in [0.717, 1.165) is 18.0 Å². The smallest absolute Gasteiger partial charge is 0.230 e. The average molecular weight is 235 g/mol. The zero-order valence-electron chi connectivity index (χ0n) is 9.30. The summed E-state index contributed by atoms with van der Waals surface area (Å²) < 4.78 is 1.73. The monoisotopic (exact) mass is 235 g/mol. The highest BCUT2D eigenvalue weighted by molar-refractivity contribution is 7.09. The molecule has 2 rings (SSSR count). The highest BCUT2D eigenvalue weighted by Gasteiger charge is 2.16. The molecule has 0 saturated carbocycles. The summed E-state index contributed by atoms with van der Waals surface area (Å²) in [7, 11) is 0. The third-order valence-electron chi connectivity index (χ3n) is 2.24. The van der Waals surface area contributed by atoms with Crippen LogP contribution in [-0.2, 0) is 6.54 Å². The van der Waals surface area contributed by atoms with Crippen molar-refractivity contribution >= 4 is 17.1 Å². The Hall–Kier alpha value is -1.49. The average Bonchev–Trinajstić information content (AvgIpc) is 2.87. The third-order valence-corrected chi connectivity index (χ3v) is 3.01. The van der Waals surface area contributed by atoms with Crippen molar-refractivity contribution in [1.29, 1.82) is 0 Å². The Morgan fingerprint density at radius 3 is 3.00 bits per heavy atom. The van der Waals surface area contributed by atoms with Crippen LogP contribution in [0.1, 0.15) is 34.5 Å². The van der Waals surface area contributed by atoms with Crippen LogP contribution < -0.4 is 0 Å². The molecular formula is C11H13N3OS. The predicted octanol–water partition coefficient (Wildman–Crippen LogP) is 2.29. The topological polar surface area (TPSA) is 47.8 Å². The first-order valence-corrected chi connectivity index (χ1v) is 6.09. The minimum absolute atomic E-state index is 0.0460. The Kier molecular flexibility index (Phi) is 3.14. The van der Waals surface area contributed by atoms with Gasteiger partial charge in [-0.05, 0) is 19.4 Å². The number of carbonyl (C=O) groups is 1. The first-order chi connectivity index (χ1) is 7.72. The van der Waals surface area contributed by atoms with Crippen molar-refractivity contribution in [2.45, 2.75) is 26.8 Å². The molecular weight excluding hydrogens is 222 g/mol. The first kappa shape index (κ1) is 11.0. The standard InChI is InChI=1S/C11H13N3OS/c1-3-6-14-10(4-5-12-14)11(15)9-7-16-8(2)13-9/h4-5,7H,3,6H2,1-2H3. The predicted molar refractivity (Wildman–Crippen MR) is 62.8 cm³/mol. The van der Waals surface area contributed by atoms with E-state index in [-0.39, 0.29) is 5.78 Å². The fourth-order valence-corrected chi connectivity index (χ4v) is 2.11. The van der Waals surface area contributed by atoms with Gasteiger partial charge in [-0.25, -0.2) is 4.98 Å². The molecule has 0 aliphatic carbocycles. The van der Waals surface area contributed by atoms with Crippen molar-refractivity contribution in [3.8, 4) is 0 Å². The van der Waals surface area contributed by atoms with Crippen molar-refractivity contribution < 1.29 is 4.79 Å². The summed E-state index contributed by atoms with van der Waals surface area (Å²) in [6, 6.07) is 1.74. The van der Waals surface area contributed by atoms with Gasteiger partial charge in [0.25, 0.3) is 0 Å². The van der Waals surface area contributed by atoms with E-state index in [9.17, 15) is 4.79 Å². The zero-order chi connectivity index (χ0) is 11.5. The van der Waals surface area contributed by atoms with Crippen LogP contribution in [0, 0.1) is 6.92 Å². The summed E-state index contributed by atoms with van der Waals surface area (Å²) in [6.07, 6.45) is 2.61. The number of aromatic nitrogens is 3. The van der Waals surface area contributed by atoms with E-state index >= 15 is 0 Å². The highest BCUT2D eigenvalue weighted by Crippen LogP contribution is 2.13. The summed E-state index contributed by atoms with van der Waals surface area (Å²) in [4.78, 5) is 16.3. The molecule has 0 unspecified atom stereocenters. The van der Waals surface area contributed by atoms with Crippen molar-refractivity contribution in [2.24, 2.45) is 0 Å². The van der Waals surface area contributed by atoms with Crippen LogP contribution in [0.15, 0.2) is 17.6 Å². The van der Waals surface area contributed by atoms with Gasteiger partial charge in [0.2, 0.25) is 5.78 Å². The maximum absolute atomic E-state index is 12.1. The van der Waals surface area contributed by atoms with Gasteiger partial charge in [0.05, 0.1) is 5.01 Å². The highest BCUT2D eigenvalue weighted by atomic mass is 32.1. The van der Waals surface area contributed by atoms with Gasteiger partial charge in [0, 0.05) is 18.1 Å². The van der Waals surface area contributed by atoms with Crippen molar-refractivity contribution in [2.75, 3.05) is 0 Å². The summed E-state index contributed by atoms with van der Waals surface area (Å²) in [5, 5.41) is 6.83.